The molecular formula is C12H11ClN4. The Hall–Kier alpha value is -1.68. The maximum Gasteiger partial charge on any atom is 0.169 e. The van der Waals surface area contributed by atoms with Gasteiger partial charge in [-0.15, -0.1) is 0 Å². The van der Waals surface area contributed by atoms with Gasteiger partial charge in [-0.2, -0.15) is 0 Å². The first kappa shape index (κ1) is 10.5. The zero-order valence-electron chi connectivity index (χ0n) is 9.05. The van der Waals surface area contributed by atoms with E-state index in [1.807, 2.05) is 30.3 Å². The third-order valence-corrected chi connectivity index (χ3v) is 3.08. The molecule has 2 aliphatic rings. The van der Waals surface area contributed by atoms with Gasteiger partial charge < -0.3 is 5.32 Å². The average molecular weight is 247 g/mol. The normalized spacial score (nSPS) is 25.9. The van der Waals surface area contributed by atoms with Gasteiger partial charge in [0.05, 0.1) is 6.34 Å². The molecule has 2 unspecified atom stereocenters. The fourth-order valence-corrected chi connectivity index (χ4v) is 2.18. The lowest BCUT2D eigenvalue weighted by Crippen LogP contribution is -2.39. The van der Waals surface area contributed by atoms with Gasteiger partial charge in [0.25, 0.3) is 0 Å². The second-order valence-electron chi connectivity index (χ2n) is 3.98. The number of benzene rings is 1. The van der Waals surface area contributed by atoms with Crippen LogP contribution >= 0.6 is 11.6 Å². The topological polar surface area (TPSA) is 49.1 Å². The van der Waals surface area contributed by atoms with Gasteiger partial charge in [-0.1, -0.05) is 41.9 Å². The van der Waals surface area contributed by atoms with Gasteiger partial charge in [0, 0.05) is 6.42 Å². The van der Waals surface area contributed by atoms with Crippen molar-refractivity contribution in [1.82, 2.24) is 5.32 Å². The van der Waals surface area contributed by atoms with Crippen LogP contribution in [0.1, 0.15) is 5.56 Å². The van der Waals surface area contributed by atoms with Gasteiger partial charge in [0.15, 0.2) is 6.17 Å². The number of amidine groups is 1. The van der Waals surface area contributed by atoms with Crippen LogP contribution < -0.4 is 5.32 Å². The van der Waals surface area contributed by atoms with Crippen LogP contribution in [0.2, 0.25) is 0 Å². The van der Waals surface area contributed by atoms with Crippen LogP contribution in [0.4, 0.5) is 0 Å². The molecule has 1 aromatic carbocycles. The second kappa shape index (κ2) is 4.30. The van der Waals surface area contributed by atoms with Gasteiger partial charge >= 0.3 is 0 Å². The van der Waals surface area contributed by atoms with E-state index in [0.717, 1.165) is 5.84 Å². The molecule has 2 aliphatic heterocycles. The van der Waals surface area contributed by atoms with E-state index in [0.29, 0.717) is 11.6 Å². The molecule has 0 spiro atoms. The predicted octanol–water partition coefficient (Wildman–Crippen LogP) is 1.60. The van der Waals surface area contributed by atoms with E-state index < -0.39 is 0 Å². The van der Waals surface area contributed by atoms with Crippen LogP contribution in [-0.4, -0.2) is 29.6 Å². The lowest BCUT2D eigenvalue weighted by Gasteiger charge is -2.19. The van der Waals surface area contributed by atoms with Crippen molar-refractivity contribution in [2.75, 3.05) is 0 Å². The van der Waals surface area contributed by atoms with E-state index >= 15 is 0 Å². The smallest absolute Gasteiger partial charge is 0.169 e. The Morgan fingerprint density at radius 3 is 2.88 bits per heavy atom. The zero-order valence-corrected chi connectivity index (χ0v) is 9.80. The van der Waals surface area contributed by atoms with Crippen LogP contribution in [0.5, 0.6) is 0 Å². The molecule has 3 rings (SSSR count). The fourth-order valence-electron chi connectivity index (χ4n) is 1.91. The summed E-state index contributed by atoms with van der Waals surface area (Å²) in [6.45, 7) is 0. The minimum absolute atomic E-state index is 0.0730. The van der Waals surface area contributed by atoms with Crippen LogP contribution in [0, 0.1) is 0 Å². The quantitative estimate of drug-likeness (QED) is 0.847. The van der Waals surface area contributed by atoms with E-state index in [1.54, 1.807) is 6.34 Å². The summed E-state index contributed by atoms with van der Waals surface area (Å²) < 4.78 is 0. The molecule has 4 nitrogen and oxygen atoms in total. The Morgan fingerprint density at radius 2 is 2.06 bits per heavy atom. The molecule has 17 heavy (non-hydrogen) atoms. The van der Waals surface area contributed by atoms with Crippen LogP contribution in [0.15, 0.2) is 45.3 Å². The summed E-state index contributed by atoms with van der Waals surface area (Å²) in [7, 11) is 0. The van der Waals surface area contributed by atoms with Crippen molar-refractivity contribution in [3.63, 3.8) is 0 Å². The van der Waals surface area contributed by atoms with Gasteiger partial charge in [0.2, 0.25) is 0 Å². The fraction of sp³-hybridized carbons (Fsp3) is 0.250. The highest BCUT2D eigenvalue weighted by Crippen LogP contribution is 2.17. The first-order valence-electron chi connectivity index (χ1n) is 5.45. The highest BCUT2D eigenvalue weighted by Gasteiger charge is 2.31. The van der Waals surface area contributed by atoms with E-state index in [-0.39, 0.29) is 12.2 Å². The number of aliphatic imine (C=N–C) groups is 3. The van der Waals surface area contributed by atoms with E-state index in [2.05, 4.69) is 20.3 Å². The van der Waals surface area contributed by atoms with Crippen LogP contribution in [0.25, 0.3) is 0 Å². The second-order valence-corrected chi connectivity index (χ2v) is 4.37. The van der Waals surface area contributed by atoms with Crippen molar-refractivity contribution >= 4 is 28.9 Å². The van der Waals surface area contributed by atoms with Gasteiger partial charge in [-0.25, -0.2) is 15.0 Å². The molecule has 2 atom stereocenters. The van der Waals surface area contributed by atoms with Gasteiger partial charge in [0.1, 0.15) is 17.0 Å². The van der Waals surface area contributed by atoms with E-state index in [4.69, 9.17) is 11.6 Å². The Kier molecular flexibility index (Phi) is 2.65. The molecule has 0 saturated heterocycles. The van der Waals surface area contributed by atoms with Crippen LogP contribution in [0.3, 0.4) is 0 Å². The van der Waals surface area contributed by atoms with E-state index in [9.17, 15) is 0 Å². The number of hydrogen-bond acceptors (Lipinski definition) is 4. The monoisotopic (exact) mass is 246 g/mol. The Labute approximate surface area is 104 Å². The summed E-state index contributed by atoms with van der Waals surface area (Å²) in [4.78, 5) is 13.0. The first-order valence-corrected chi connectivity index (χ1v) is 5.83. The number of halogens is 1. The SMILES string of the molecule is ClC1=NC(Cc2ccccc2)=NC2N=CNC12. The molecule has 0 radical (unpaired) electrons. The first-order chi connectivity index (χ1) is 8.33. The molecule has 2 heterocycles. The molecular weight excluding hydrogens is 236 g/mol. The standard InChI is InChI=1S/C12H11ClN4/c13-11-10-12(15-7-14-10)17-9(16-11)6-8-4-2-1-3-5-8/h1-5,7,10,12H,6H2,(H,14,15). The molecule has 0 aliphatic carbocycles. The molecule has 0 amide bonds. The number of nitrogens with one attached hydrogen (secondary N) is 1. The minimum Gasteiger partial charge on any atom is -0.363 e. The summed E-state index contributed by atoms with van der Waals surface area (Å²) in [6, 6.07) is 10.0. The van der Waals surface area contributed by atoms with Crippen molar-refractivity contribution in [2.24, 2.45) is 15.0 Å². The highest BCUT2D eigenvalue weighted by molar-refractivity contribution is 6.67. The van der Waals surface area contributed by atoms with Crippen molar-refractivity contribution < 1.29 is 0 Å². The van der Waals surface area contributed by atoms with Gasteiger partial charge in [-0.05, 0) is 5.56 Å². The number of fused-ring (bicyclic) bond motifs is 1. The van der Waals surface area contributed by atoms with E-state index in [1.165, 1.54) is 5.56 Å². The van der Waals surface area contributed by atoms with Crippen molar-refractivity contribution in [1.29, 1.82) is 0 Å². The lowest BCUT2D eigenvalue weighted by molar-refractivity contribution is 0.652. The summed E-state index contributed by atoms with van der Waals surface area (Å²) in [6.07, 6.45) is 2.18. The third-order valence-electron chi connectivity index (χ3n) is 2.76. The molecule has 86 valence electrons. The third kappa shape index (κ3) is 2.08. The molecule has 0 aromatic heterocycles. The zero-order chi connectivity index (χ0) is 11.7. The molecule has 0 fully saturated rings. The van der Waals surface area contributed by atoms with Crippen molar-refractivity contribution in [2.45, 2.75) is 18.6 Å². The Balaban J connectivity index is 1.82. The Morgan fingerprint density at radius 1 is 1.24 bits per heavy atom. The lowest BCUT2D eigenvalue weighted by atomic mass is 10.1. The summed E-state index contributed by atoms with van der Waals surface area (Å²) in [5.41, 5.74) is 1.17. The summed E-state index contributed by atoms with van der Waals surface area (Å²) >= 11 is 6.11. The highest BCUT2D eigenvalue weighted by atomic mass is 35.5. The maximum atomic E-state index is 6.11. The number of rotatable bonds is 2. The minimum atomic E-state index is -0.154. The van der Waals surface area contributed by atoms with Crippen LogP contribution in [-0.2, 0) is 6.42 Å². The Bertz CT molecular complexity index is 506. The predicted molar refractivity (Wildman–Crippen MR) is 70.1 cm³/mol. The molecule has 5 heteroatoms. The molecule has 0 bridgehead atoms. The van der Waals surface area contributed by atoms with Crippen molar-refractivity contribution in [3.8, 4) is 0 Å². The summed E-state index contributed by atoms with van der Waals surface area (Å²) in [5, 5.41) is 3.57. The molecule has 1 aromatic rings. The molecule has 1 N–H and O–H groups in total. The summed E-state index contributed by atoms with van der Waals surface area (Å²) in [5.74, 6) is 0.739. The van der Waals surface area contributed by atoms with Crippen molar-refractivity contribution in [3.05, 3.63) is 35.9 Å². The number of nitrogens with zero attached hydrogens (tertiary/aromatic N) is 3. The van der Waals surface area contributed by atoms with Gasteiger partial charge in [-0.3, -0.25) is 0 Å². The number of hydrogen-bond donors (Lipinski definition) is 1. The average Bonchev–Trinajstić information content (AvgIpc) is 2.79. The largest absolute Gasteiger partial charge is 0.363 e. The maximum absolute atomic E-state index is 6.11. The molecule has 0 saturated carbocycles.